The zero-order chi connectivity index (χ0) is 16.4. The summed E-state index contributed by atoms with van der Waals surface area (Å²) in [6.45, 7) is 0.713. The molecular weight excluding hydrogens is 324 g/mol. The van der Waals surface area contributed by atoms with Gasteiger partial charge in [-0.3, -0.25) is 4.79 Å². The van der Waals surface area contributed by atoms with Gasteiger partial charge in [-0.15, -0.1) is 0 Å². The Bertz CT molecular complexity index is 750. The Balaban J connectivity index is 1.73. The smallest absolute Gasteiger partial charge is 0.255 e. The maximum atomic E-state index is 13.6. The first-order valence-corrected chi connectivity index (χ1v) is 7.57. The van der Waals surface area contributed by atoms with Crippen molar-refractivity contribution in [3.05, 3.63) is 52.7 Å². The van der Waals surface area contributed by atoms with Crippen LogP contribution >= 0.6 is 11.6 Å². The molecule has 1 amide bonds. The minimum Gasteiger partial charge on any atom is -0.370 e. The lowest BCUT2D eigenvalue weighted by Gasteiger charge is -2.09. The van der Waals surface area contributed by atoms with E-state index in [4.69, 9.17) is 11.6 Å². The fourth-order valence-corrected chi connectivity index (χ4v) is 2.25. The van der Waals surface area contributed by atoms with Gasteiger partial charge < -0.3 is 10.6 Å². The Labute approximate surface area is 136 Å². The third kappa shape index (κ3) is 4.16. The number of aromatic nitrogens is 1. The molecule has 1 aromatic heterocycles. The van der Waals surface area contributed by atoms with Crippen LogP contribution in [-0.4, -0.2) is 17.4 Å². The lowest BCUT2D eigenvalue weighted by molar-refractivity contribution is 0.102. The van der Waals surface area contributed by atoms with Crippen molar-refractivity contribution in [3.63, 3.8) is 0 Å². The van der Waals surface area contributed by atoms with Crippen LogP contribution in [0.25, 0.3) is 0 Å². The quantitative estimate of drug-likeness (QED) is 0.808. The number of carbonyl (C=O) groups is 1. The minimum atomic E-state index is -0.743. The minimum absolute atomic E-state index is 0.101. The number of benzene rings is 1. The third-order valence-electron chi connectivity index (χ3n) is 3.50. The summed E-state index contributed by atoms with van der Waals surface area (Å²) in [4.78, 5) is 15.9. The predicted octanol–water partition coefficient (Wildman–Crippen LogP) is 4.09. The topological polar surface area (TPSA) is 54.0 Å². The number of hydrogen-bond donors (Lipinski definition) is 2. The number of carbonyl (C=O) groups excluding carboxylic acids is 1. The van der Waals surface area contributed by atoms with Crippen molar-refractivity contribution in [2.45, 2.75) is 12.8 Å². The summed E-state index contributed by atoms with van der Waals surface area (Å²) in [6, 6.07) is 6.34. The van der Waals surface area contributed by atoms with Crippen LogP contribution in [0.3, 0.4) is 0 Å². The zero-order valence-electron chi connectivity index (χ0n) is 12.1. The standard InChI is InChI=1S/C16H14ClF2N3O/c17-12-7-11(3-4-13(12)18)21-16(23)10-5-14(19)22-15(6-10)20-8-9-1-2-9/h3-7,9H,1-2,8H2,(H,20,22)(H,21,23). The number of rotatable bonds is 5. The number of nitrogens with zero attached hydrogens (tertiary/aromatic N) is 1. The molecule has 1 heterocycles. The van der Waals surface area contributed by atoms with Gasteiger partial charge >= 0.3 is 0 Å². The van der Waals surface area contributed by atoms with Gasteiger partial charge in [0.25, 0.3) is 5.91 Å². The normalized spacial score (nSPS) is 13.7. The van der Waals surface area contributed by atoms with Gasteiger partial charge in [0.05, 0.1) is 5.02 Å². The van der Waals surface area contributed by atoms with Gasteiger partial charge in [0, 0.05) is 23.9 Å². The molecule has 3 rings (SSSR count). The molecule has 0 bridgehead atoms. The number of amides is 1. The Morgan fingerprint density at radius 2 is 2.04 bits per heavy atom. The van der Waals surface area contributed by atoms with E-state index in [1.807, 2.05) is 0 Å². The van der Waals surface area contributed by atoms with E-state index in [9.17, 15) is 13.6 Å². The van der Waals surface area contributed by atoms with Crippen LogP contribution in [0.1, 0.15) is 23.2 Å². The van der Waals surface area contributed by atoms with Gasteiger partial charge in [-0.05, 0) is 43.0 Å². The number of pyridine rings is 1. The Kier molecular flexibility index (Phi) is 4.43. The van der Waals surface area contributed by atoms with E-state index in [2.05, 4.69) is 15.6 Å². The molecule has 4 nitrogen and oxygen atoms in total. The molecule has 1 saturated carbocycles. The lowest BCUT2D eigenvalue weighted by atomic mass is 10.2. The van der Waals surface area contributed by atoms with E-state index in [1.165, 1.54) is 18.2 Å². The lowest BCUT2D eigenvalue weighted by Crippen LogP contribution is -2.14. The van der Waals surface area contributed by atoms with Crippen molar-refractivity contribution in [2.75, 3.05) is 17.2 Å². The highest BCUT2D eigenvalue weighted by molar-refractivity contribution is 6.31. The van der Waals surface area contributed by atoms with Crippen molar-refractivity contribution >= 4 is 29.0 Å². The maximum absolute atomic E-state index is 13.6. The SMILES string of the molecule is O=C(Nc1ccc(F)c(Cl)c1)c1cc(F)nc(NCC2CC2)c1. The summed E-state index contributed by atoms with van der Waals surface area (Å²) in [5.74, 6) is -0.930. The molecule has 0 radical (unpaired) electrons. The van der Waals surface area contributed by atoms with Crippen LogP contribution in [0.4, 0.5) is 20.3 Å². The first-order chi connectivity index (χ1) is 11.0. The molecule has 2 aromatic rings. The zero-order valence-corrected chi connectivity index (χ0v) is 12.8. The van der Waals surface area contributed by atoms with Crippen LogP contribution in [0.5, 0.6) is 0 Å². The van der Waals surface area contributed by atoms with Crippen molar-refractivity contribution in [3.8, 4) is 0 Å². The molecule has 2 N–H and O–H groups in total. The van der Waals surface area contributed by atoms with Crippen LogP contribution in [0.2, 0.25) is 5.02 Å². The van der Waals surface area contributed by atoms with Crippen molar-refractivity contribution in [1.82, 2.24) is 4.98 Å². The molecule has 1 fully saturated rings. The molecule has 0 unspecified atom stereocenters. The summed E-state index contributed by atoms with van der Waals surface area (Å²) < 4.78 is 26.7. The summed E-state index contributed by atoms with van der Waals surface area (Å²) in [6.07, 6.45) is 2.31. The van der Waals surface area contributed by atoms with Crippen molar-refractivity contribution in [2.24, 2.45) is 5.92 Å². The van der Waals surface area contributed by atoms with Gasteiger partial charge in [-0.1, -0.05) is 11.6 Å². The summed E-state index contributed by atoms with van der Waals surface area (Å²) in [7, 11) is 0. The van der Waals surface area contributed by atoms with Gasteiger partial charge in [0.15, 0.2) is 0 Å². The van der Waals surface area contributed by atoms with Crippen LogP contribution in [0.15, 0.2) is 30.3 Å². The van der Waals surface area contributed by atoms with E-state index < -0.39 is 17.7 Å². The summed E-state index contributed by atoms with van der Waals surface area (Å²) >= 11 is 5.66. The number of halogens is 3. The molecule has 1 aliphatic rings. The van der Waals surface area contributed by atoms with Crippen LogP contribution in [0, 0.1) is 17.7 Å². The first-order valence-electron chi connectivity index (χ1n) is 7.19. The second kappa shape index (κ2) is 6.50. The number of hydrogen-bond acceptors (Lipinski definition) is 3. The van der Waals surface area contributed by atoms with Crippen LogP contribution < -0.4 is 10.6 Å². The molecule has 0 spiro atoms. The first kappa shape index (κ1) is 15.7. The highest BCUT2D eigenvalue weighted by Crippen LogP contribution is 2.28. The molecule has 120 valence electrons. The molecule has 0 aliphatic heterocycles. The van der Waals surface area contributed by atoms with Gasteiger partial charge in [0.2, 0.25) is 5.95 Å². The summed E-state index contributed by atoms with van der Waals surface area (Å²) in [5.41, 5.74) is 0.447. The number of nitrogens with one attached hydrogen (secondary N) is 2. The van der Waals surface area contributed by atoms with Gasteiger partial charge in [-0.2, -0.15) is 4.39 Å². The predicted molar refractivity (Wildman–Crippen MR) is 84.8 cm³/mol. The van der Waals surface area contributed by atoms with Gasteiger partial charge in [-0.25, -0.2) is 9.37 Å². The van der Waals surface area contributed by atoms with E-state index in [0.717, 1.165) is 25.0 Å². The van der Waals surface area contributed by atoms with Crippen LogP contribution in [-0.2, 0) is 0 Å². The van der Waals surface area contributed by atoms with Crippen molar-refractivity contribution < 1.29 is 13.6 Å². The monoisotopic (exact) mass is 337 g/mol. The molecule has 7 heteroatoms. The van der Waals surface area contributed by atoms with E-state index >= 15 is 0 Å². The second-order valence-corrected chi connectivity index (χ2v) is 5.88. The maximum Gasteiger partial charge on any atom is 0.255 e. The number of anilines is 2. The second-order valence-electron chi connectivity index (χ2n) is 5.47. The largest absolute Gasteiger partial charge is 0.370 e. The fourth-order valence-electron chi connectivity index (χ4n) is 2.07. The molecule has 1 aromatic carbocycles. The highest BCUT2D eigenvalue weighted by atomic mass is 35.5. The molecule has 0 atom stereocenters. The van der Waals surface area contributed by atoms with Crippen molar-refractivity contribution in [1.29, 1.82) is 0 Å². The molecular formula is C16H14ClF2N3O. The Morgan fingerprint density at radius 1 is 1.26 bits per heavy atom. The average Bonchev–Trinajstić information content (AvgIpc) is 3.33. The van der Waals surface area contributed by atoms with E-state index in [-0.39, 0.29) is 10.6 Å². The highest BCUT2D eigenvalue weighted by Gasteiger charge is 2.21. The summed E-state index contributed by atoms with van der Waals surface area (Å²) in [5, 5.41) is 5.47. The average molecular weight is 338 g/mol. The van der Waals surface area contributed by atoms with E-state index in [1.54, 1.807) is 0 Å². The molecule has 1 aliphatic carbocycles. The van der Waals surface area contributed by atoms with E-state index in [0.29, 0.717) is 24.0 Å². The fraction of sp³-hybridized carbons (Fsp3) is 0.250. The third-order valence-corrected chi connectivity index (χ3v) is 3.79. The Morgan fingerprint density at radius 3 is 2.74 bits per heavy atom. The Hall–Kier alpha value is -2.21. The molecule has 0 saturated heterocycles. The van der Waals surface area contributed by atoms with Gasteiger partial charge in [0.1, 0.15) is 11.6 Å². The molecule has 23 heavy (non-hydrogen) atoms.